The summed E-state index contributed by atoms with van der Waals surface area (Å²) in [5, 5.41) is 10.2. The number of nitrogens with one attached hydrogen (secondary N) is 3. The zero-order valence-corrected chi connectivity index (χ0v) is 16.1. The molecule has 1 amide bonds. The van der Waals surface area contributed by atoms with Crippen LogP contribution >= 0.6 is 0 Å². The molecule has 0 radical (unpaired) electrons. The molecular formula is C23H26FN3O. The van der Waals surface area contributed by atoms with Gasteiger partial charge in [0.05, 0.1) is 12.1 Å². The molecule has 0 bridgehead atoms. The van der Waals surface area contributed by atoms with Gasteiger partial charge in [0.25, 0.3) is 0 Å². The number of rotatable bonds is 4. The Labute approximate surface area is 164 Å². The molecule has 1 saturated carbocycles. The van der Waals surface area contributed by atoms with Crippen LogP contribution in [-0.2, 0) is 17.6 Å². The molecule has 2 aromatic rings. The standard InChI is InChI=1S/C23H26FN3O/c1-13-6-9-18(24)17-12-19(26-20(13)17)23(28)27-21(15-7-8-15)22-16-5-3-2-4-14(16)10-11-25-22/h2-6,9,15,19,21-22,25-26H,7-8,10-12H2,1H3,(H,27,28). The van der Waals surface area contributed by atoms with Gasteiger partial charge in [0, 0.05) is 17.7 Å². The zero-order valence-electron chi connectivity index (χ0n) is 16.1. The average molecular weight is 379 g/mol. The lowest BCUT2D eigenvalue weighted by atomic mass is 9.88. The minimum absolute atomic E-state index is 0.0308. The summed E-state index contributed by atoms with van der Waals surface area (Å²) in [6.07, 6.45) is 3.73. The first-order valence-electron chi connectivity index (χ1n) is 10.3. The van der Waals surface area contributed by atoms with Crippen LogP contribution in [0.15, 0.2) is 36.4 Å². The fourth-order valence-corrected chi connectivity index (χ4v) is 4.78. The minimum atomic E-state index is -0.411. The van der Waals surface area contributed by atoms with Crippen molar-refractivity contribution < 1.29 is 9.18 Å². The third-order valence-corrected chi connectivity index (χ3v) is 6.45. The number of carbonyl (C=O) groups excluding carboxylic acids is 1. The van der Waals surface area contributed by atoms with E-state index in [0.29, 0.717) is 17.9 Å². The zero-order chi connectivity index (χ0) is 19.3. The third kappa shape index (κ3) is 3.08. The van der Waals surface area contributed by atoms with E-state index in [-0.39, 0.29) is 23.8 Å². The molecule has 0 saturated heterocycles. The second-order valence-electron chi connectivity index (χ2n) is 8.37. The van der Waals surface area contributed by atoms with E-state index in [4.69, 9.17) is 0 Å². The van der Waals surface area contributed by atoms with E-state index < -0.39 is 6.04 Å². The fraction of sp³-hybridized carbons (Fsp3) is 0.435. The van der Waals surface area contributed by atoms with Crippen molar-refractivity contribution in [2.75, 3.05) is 11.9 Å². The Morgan fingerprint density at radius 2 is 2.04 bits per heavy atom. The van der Waals surface area contributed by atoms with Crippen molar-refractivity contribution in [3.05, 3.63) is 64.5 Å². The monoisotopic (exact) mass is 379 g/mol. The Hall–Kier alpha value is -2.40. The van der Waals surface area contributed by atoms with Crippen molar-refractivity contribution >= 4 is 11.6 Å². The van der Waals surface area contributed by atoms with Crippen LogP contribution in [0.4, 0.5) is 10.1 Å². The topological polar surface area (TPSA) is 53.2 Å². The molecule has 2 aromatic carbocycles. The molecule has 28 heavy (non-hydrogen) atoms. The van der Waals surface area contributed by atoms with Crippen molar-refractivity contribution in [1.29, 1.82) is 0 Å². The van der Waals surface area contributed by atoms with Crippen LogP contribution in [0.3, 0.4) is 0 Å². The average Bonchev–Trinajstić information content (AvgIpc) is 3.45. The molecule has 2 heterocycles. The minimum Gasteiger partial charge on any atom is -0.373 e. The molecule has 146 valence electrons. The normalized spacial score (nSPS) is 24.1. The molecule has 3 aliphatic rings. The van der Waals surface area contributed by atoms with Gasteiger partial charge in [0.1, 0.15) is 11.9 Å². The van der Waals surface area contributed by atoms with Gasteiger partial charge in [-0.15, -0.1) is 0 Å². The summed E-state index contributed by atoms with van der Waals surface area (Å²) >= 11 is 0. The second-order valence-corrected chi connectivity index (χ2v) is 8.37. The molecule has 0 spiro atoms. The molecule has 3 unspecified atom stereocenters. The second kappa shape index (κ2) is 6.89. The lowest BCUT2D eigenvalue weighted by Crippen LogP contribution is -2.51. The molecular weight excluding hydrogens is 353 g/mol. The van der Waals surface area contributed by atoms with Gasteiger partial charge >= 0.3 is 0 Å². The predicted molar refractivity (Wildman–Crippen MR) is 108 cm³/mol. The molecule has 5 rings (SSSR count). The Morgan fingerprint density at radius 1 is 1.21 bits per heavy atom. The number of hydrogen-bond donors (Lipinski definition) is 3. The Bertz CT molecular complexity index is 893. The first-order chi connectivity index (χ1) is 13.6. The number of hydrogen-bond acceptors (Lipinski definition) is 3. The van der Waals surface area contributed by atoms with Gasteiger partial charge in [-0.2, -0.15) is 0 Å². The number of amides is 1. The van der Waals surface area contributed by atoms with E-state index in [1.54, 1.807) is 6.07 Å². The largest absolute Gasteiger partial charge is 0.373 e. The van der Waals surface area contributed by atoms with Crippen LogP contribution in [0, 0.1) is 18.7 Å². The van der Waals surface area contributed by atoms with Crippen LogP contribution in [-0.4, -0.2) is 24.5 Å². The van der Waals surface area contributed by atoms with Crippen molar-refractivity contribution in [1.82, 2.24) is 10.6 Å². The van der Waals surface area contributed by atoms with Gasteiger partial charge in [0.15, 0.2) is 0 Å². The number of anilines is 1. The van der Waals surface area contributed by atoms with Crippen LogP contribution < -0.4 is 16.0 Å². The van der Waals surface area contributed by atoms with E-state index in [9.17, 15) is 9.18 Å². The van der Waals surface area contributed by atoms with Gasteiger partial charge in [-0.3, -0.25) is 4.79 Å². The number of carbonyl (C=O) groups is 1. The molecule has 2 aliphatic heterocycles. The number of fused-ring (bicyclic) bond motifs is 2. The van der Waals surface area contributed by atoms with Crippen LogP contribution in [0.2, 0.25) is 0 Å². The van der Waals surface area contributed by atoms with Gasteiger partial charge in [-0.05, 0) is 61.4 Å². The van der Waals surface area contributed by atoms with E-state index in [1.807, 2.05) is 6.92 Å². The maximum Gasteiger partial charge on any atom is 0.243 e. The number of aryl methyl sites for hydroxylation is 1. The highest BCUT2D eigenvalue weighted by molar-refractivity contribution is 5.88. The van der Waals surface area contributed by atoms with Crippen molar-refractivity contribution in [2.45, 2.75) is 50.7 Å². The molecule has 1 fully saturated rings. The quantitative estimate of drug-likeness (QED) is 0.764. The highest BCUT2D eigenvalue weighted by Gasteiger charge is 2.41. The molecule has 0 aromatic heterocycles. The number of halogens is 1. The summed E-state index contributed by atoms with van der Waals surface area (Å²) in [6.45, 7) is 2.87. The van der Waals surface area contributed by atoms with E-state index >= 15 is 0 Å². The summed E-state index contributed by atoms with van der Waals surface area (Å²) < 4.78 is 14.2. The molecule has 3 atom stereocenters. The number of benzene rings is 2. The lowest BCUT2D eigenvalue weighted by Gasteiger charge is -2.34. The van der Waals surface area contributed by atoms with Crippen molar-refractivity contribution in [2.24, 2.45) is 5.92 Å². The summed E-state index contributed by atoms with van der Waals surface area (Å²) in [5.41, 5.74) is 5.06. The predicted octanol–water partition coefficient (Wildman–Crippen LogP) is 3.25. The van der Waals surface area contributed by atoms with E-state index in [2.05, 4.69) is 40.2 Å². The van der Waals surface area contributed by atoms with Gasteiger partial charge < -0.3 is 16.0 Å². The highest BCUT2D eigenvalue weighted by Crippen LogP contribution is 2.40. The maximum absolute atomic E-state index is 14.2. The molecule has 4 nitrogen and oxygen atoms in total. The van der Waals surface area contributed by atoms with Crippen LogP contribution in [0.1, 0.15) is 41.1 Å². The van der Waals surface area contributed by atoms with Gasteiger partial charge in [-0.1, -0.05) is 30.3 Å². The summed E-state index contributed by atoms with van der Waals surface area (Å²) in [4.78, 5) is 13.1. The first-order valence-corrected chi connectivity index (χ1v) is 10.3. The first kappa shape index (κ1) is 17.7. The Kier molecular flexibility index (Phi) is 4.35. The van der Waals surface area contributed by atoms with E-state index in [1.165, 1.54) is 17.2 Å². The van der Waals surface area contributed by atoms with E-state index in [0.717, 1.165) is 37.1 Å². The molecule has 3 N–H and O–H groups in total. The summed E-state index contributed by atoms with van der Waals surface area (Å²) in [5.74, 6) is 0.247. The Morgan fingerprint density at radius 3 is 2.82 bits per heavy atom. The van der Waals surface area contributed by atoms with Crippen LogP contribution in [0.5, 0.6) is 0 Å². The fourth-order valence-electron chi connectivity index (χ4n) is 4.78. The SMILES string of the molecule is Cc1ccc(F)c2c1NC(C(=O)NC(C1CC1)C1NCCc3ccccc31)C2. The summed E-state index contributed by atoms with van der Waals surface area (Å²) in [6, 6.07) is 11.6. The lowest BCUT2D eigenvalue weighted by molar-refractivity contribution is -0.122. The van der Waals surface area contributed by atoms with Crippen molar-refractivity contribution in [3.63, 3.8) is 0 Å². The van der Waals surface area contributed by atoms with Crippen molar-refractivity contribution in [3.8, 4) is 0 Å². The summed E-state index contributed by atoms with van der Waals surface area (Å²) in [7, 11) is 0. The highest BCUT2D eigenvalue weighted by atomic mass is 19.1. The maximum atomic E-state index is 14.2. The van der Waals surface area contributed by atoms with Gasteiger partial charge in [0.2, 0.25) is 5.91 Å². The van der Waals surface area contributed by atoms with Gasteiger partial charge in [-0.25, -0.2) is 4.39 Å². The smallest absolute Gasteiger partial charge is 0.243 e. The Balaban J connectivity index is 1.36. The third-order valence-electron chi connectivity index (χ3n) is 6.45. The van der Waals surface area contributed by atoms with Crippen LogP contribution in [0.25, 0.3) is 0 Å². The molecule has 1 aliphatic carbocycles. The molecule has 5 heteroatoms.